The molecule has 2 N–H and O–H groups in total. The maximum atomic E-state index is 11.3. The molecule has 1 aliphatic rings. The number of carboxylic acid groups (broad SMARTS) is 1. The third-order valence-electron chi connectivity index (χ3n) is 3.16. The Morgan fingerprint density at radius 2 is 2.29 bits per heavy atom. The van der Waals surface area contributed by atoms with E-state index in [4.69, 9.17) is 9.63 Å². The second kappa shape index (κ2) is 4.20. The molecule has 2 heterocycles. The summed E-state index contributed by atoms with van der Waals surface area (Å²) in [5, 5.41) is 15.5. The molecule has 6 heteroatoms. The van der Waals surface area contributed by atoms with E-state index in [-0.39, 0.29) is 18.4 Å². The van der Waals surface area contributed by atoms with Crippen molar-refractivity contribution in [3.05, 3.63) is 17.0 Å². The number of hydrogen-bond donors (Lipinski definition) is 2. The highest BCUT2D eigenvalue weighted by Crippen LogP contribution is 2.23. The molecule has 0 saturated carbocycles. The molecule has 1 aromatic rings. The number of aryl methyl sites for hydroxylation is 2. The van der Waals surface area contributed by atoms with Crippen molar-refractivity contribution in [3.8, 4) is 0 Å². The molecule has 6 nitrogen and oxygen atoms in total. The highest BCUT2D eigenvalue weighted by Gasteiger charge is 2.38. The van der Waals surface area contributed by atoms with E-state index in [0.29, 0.717) is 12.2 Å². The van der Waals surface area contributed by atoms with Gasteiger partial charge >= 0.3 is 5.97 Å². The van der Waals surface area contributed by atoms with Crippen molar-refractivity contribution in [2.45, 2.75) is 32.7 Å². The van der Waals surface area contributed by atoms with Gasteiger partial charge in [-0.05, 0) is 20.3 Å². The predicted octanol–water partition coefficient (Wildman–Crippen LogP) is 0.423. The fraction of sp³-hybridized carbons (Fsp3) is 0.545. The Balaban J connectivity index is 2.18. The molecular formula is C11H14N2O4. The van der Waals surface area contributed by atoms with Crippen molar-refractivity contribution in [1.29, 1.82) is 0 Å². The third kappa shape index (κ3) is 2.15. The largest absolute Gasteiger partial charge is 0.481 e. The van der Waals surface area contributed by atoms with E-state index in [9.17, 15) is 9.59 Å². The minimum absolute atomic E-state index is 0.0450. The van der Waals surface area contributed by atoms with Crippen LogP contribution in [-0.2, 0) is 16.0 Å². The van der Waals surface area contributed by atoms with Gasteiger partial charge in [-0.3, -0.25) is 9.59 Å². The van der Waals surface area contributed by atoms with Gasteiger partial charge in [0.1, 0.15) is 5.76 Å². The number of hydrogen-bond acceptors (Lipinski definition) is 4. The van der Waals surface area contributed by atoms with Crippen LogP contribution < -0.4 is 5.32 Å². The Labute approximate surface area is 98.0 Å². The summed E-state index contributed by atoms with van der Waals surface area (Å²) in [4.78, 5) is 22.3. The number of amides is 1. The Hall–Kier alpha value is -1.85. The second-order valence-corrected chi connectivity index (χ2v) is 4.33. The van der Waals surface area contributed by atoms with Crippen molar-refractivity contribution in [2.75, 3.05) is 0 Å². The molecule has 92 valence electrons. The van der Waals surface area contributed by atoms with Gasteiger partial charge in [-0.1, -0.05) is 5.16 Å². The number of rotatable bonds is 3. The summed E-state index contributed by atoms with van der Waals surface area (Å²) in [6.07, 6.45) is 0.493. The number of nitrogens with one attached hydrogen (secondary N) is 1. The molecule has 2 rings (SSSR count). The molecule has 1 fully saturated rings. The average Bonchev–Trinajstić information content (AvgIpc) is 2.76. The lowest BCUT2D eigenvalue weighted by Crippen LogP contribution is -2.34. The van der Waals surface area contributed by atoms with E-state index >= 15 is 0 Å². The number of carbonyl (C=O) groups is 2. The van der Waals surface area contributed by atoms with Gasteiger partial charge in [0.15, 0.2) is 0 Å². The molecule has 0 aliphatic carbocycles. The number of nitrogens with zero attached hydrogens (tertiary/aromatic N) is 1. The lowest BCUT2D eigenvalue weighted by Gasteiger charge is -2.14. The quantitative estimate of drug-likeness (QED) is 0.796. The lowest BCUT2D eigenvalue weighted by molar-refractivity contribution is -0.142. The molecule has 0 radical (unpaired) electrons. The summed E-state index contributed by atoms with van der Waals surface area (Å²) >= 11 is 0. The minimum Gasteiger partial charge on any atom is -0.481 e. The highest BCUT2D eigenvalue weighted by atomic mass is 16.5. The molecule has 2 atom stereocenters. The van der Waals surface area contributed by atoms with Crippen LogP contribution >= 0.6 is 0 Å². The third-order valence-corrected chi connectivity index (χ3v) is 3.16. The molecule has 1 amide bonds. The van der Waals surface area contributed by atoms with Crippen LogP contribution in [0.15, 0.2) is 4.52 Å². The minimum atomic E-state index is -0.944. The van der Waals surface area contributed by atoms with Crippen LogP contribution in [0.25, 0.3) is 0 Å². The fourth-order valence-electron chi connectivity index (χ4n) is 2.17. The van der Waals surface area contributed by atoms with Crippen LogP contribution in [0.3, 0.4) is 0 Å². The summed E-state index contributed by atoms with van der Waals surface area (Å²) in [5.41, 5.74) is 1.62. The van der Waals surface area contributed by atoms with Crippen LogP contribution in [-0.4, -0.2) is 28.2 Å². The van der Waals surface area contributed by atoms with E-state index in [1.54, 1.807) is 13.8 Å². The topological polar surface area (TPSA) is 92.4 Å². The van der Waals surface area contributed by atoms with Gasteiger partial charge in [-0.15, -0.1) is 0 Å². The van der Waals surface area contributed by atoms with Crippen molar-refractivity contribution < 1.29 is 19.2 Å². The maximum absolute atomic E-state index is 11.3. The van der Waals surface area contributed by atoms with Crippen LogP contribution in [0.2, 0.25) is 0 Å². The molecule has 1 saturated heterocycles. The number of carboxylic acids is 1. The first-order valence-corrected chi connectivity index (χ1v) is 5.43. The number of carbonyl (C=O) groups excluding carboxylic acids is 1. The first kappa shape index (κ1) is 11.6. The van der Waals surface area contributed by atoms with E-state index < -0.39 is 11.9 Å². The monoisotopic (exact) mass is 238 g/mol. The number of aliphatic carboxylic acids is 1. The molecule has 0 spiro atoms. The van der Waals surface area contributed by atoms with Gasteiger partial charge in [-0.25, -0.2) is 0 Å². The van der Waals surface area contributed by atoms with Crippen LogP contribution in [0.4, 0.5) is 0 Å². The van der Waals surface area contributed by atoms with Gasteiger partial charge in [0.05, 0.1) is 11.6 Å². The van der Waals surface area contributed by atoms with Gasteiger partial charge in [0, 0.05) is 18.0 Å². The Morgan fingerprint density at radius 3 is 2.82 bits per heavy atom. The molecule has 2 unspecified atom stereocenters. The Morgan fingerprint density at radius 1 is 1.59 bits per heavy atom. The molecule has 17 heavy (non-hydrogen) atoms. The summed E-state index contributed by atoms with van der Waals surface area (Å²) < 4.78 is 5.02. The van der Waals surface area contributed by atoms with Gasteiger partial charge < -0.3 is 14.9 Å². The normalized spacial score (nSPS) is 23.8. The van der Waals surface area contributed by atoms with E-state index in [1.807, 2.05) is 0 Å². The summed E-state index contributed by atoms with van der Waals surface area (Å²) in [6, 6.07) is -0.378. The summed E-state index contributed by atoms with van der Waals surface area (Å²) in [7, 11) is 0. The zero-order chi connectivity index (χ0) is 12.6. The predicted molar refractivity (Wildman–Crippen MR) is 57.4 cm³/mol. The average molecular weight is 238 g/mol. The lowest BCUT2D eigenvalue weighted by atomic mass is 9.94. The van der Waals surface area contributed by atoms with Crippen LogP contribution in [0.5, 0.6) is 0 Å². The summed E-state index contributed by atoms with van der Waals surface area (Å²) in [5.74, 6) is -1.15. The standard InChI is InChI=1S/C11H14N2O4/c1-5-7(6(2)17-13-5)3-9-8(11(15)16)4-10(14)12-9/h8-9H,3-4H2,1-2H3,(H,12,14)(H,15,16). The van der Waals surface area contributed by atoms with Crippen LogP contribution in [0, 0.1) is 19.8 Å². The SMILES string of the molecule is Cc1noc(C)c1CC1NC(=O)CC1C(=O)O. The van der Waals surface area contributed by atoms with E-state index in [2.05, 4.69) is 10.5 Å². The van der Waals surface area contributed by atoms with Crippen molar-refractivity contribution in [1.82, 2.24) is 10.5 Å². The fourth-order valence-corrected chi connectivity index (χ4v) is 2.17. The summed E-state index contributed by atoms with van der Waals surface area (Å²) in [6.45, 7) is 3.58. The molecule has 0 bridgehead atoms. The van der Waals surface area contributed by atoms with Crippen LogP contribution in [0.1, 0.15) is 23.4 Å². The molecular weight excluding hydrogens is 224 g/mol. The van der Waals surface area contributed by atoms with Gasteiger partial charge in [0.25, 0.3) is 0 Å². The first-order valence-electron chi connectivity index (χ1n) is 5.43. The van der Waals surface area contributed by atoms with Crippen molar-refractivity contribution >= 4 is 11.9 Å². The first-order chi connectivity index (χ1) is 7.99. The molecule has 0 aromatic carbocycles. The Bertz CT molecular complexity index is 447. The number of aromatic nitrogens is 1. The molecule has 1 aliphatic heterocycles. The second-order valence-electron chi connectivity index (χ2n) is 4.33. The van der Waals surface area contributed by atoms with Crippen molar-refractivity contribution in [3.63, 3.8) is 0 Å². The van der Waals surface area contributed by atoms with Gasteiger partial charge in [-0.2, -0.15) is 0 Å². The molecule has 1 aromatic heterocycles. The van der Waals surface area contributed by atoms with E-state index in [1.165, 1.54) is 0 Å². The highest BCUT2D eigenvalue weighted by molar-refractivity contribution is 5.86. The zero-order valence-corrected chi connectivity index (χ0v) is 9.69. The smallest absolute Gasteiger partial charge is 0.309 e. The maximum Gasteiger partial charge on any atom is 0.309 e. The van der Waals surface area contributed by atoms with Crippen molar-refractivity contribution in [2.24, 2.45) is 5.92 Å². The zero-order valence-electron chi connectivity index (χ0n) is 9.69. The van der Waals surface area contributed by atoms with E-state index in [0.717, 1.165) is 11.3 Å². The van der Waals surface area contributed by atoms with Gasteiger partial charge in [0.2, 0.25) is 5.91 Å². The Kier molecular flexibility index (Phi) is 2.87.